The topological polar surface area (TPSA) is 211 Å². The Kier molecular flexibility index (Phi) is 14.6. The van der Waals surface area contributed by atoms with Gasteiger partial charge in [0.25, 0.3) is 11.8 Å². The molecule has 4 heterocycles. The van der Waals surface area contributed by atoms with Gasteiger partial charge in [0.2, 0.25) is 0 Å². The Bertz CT molecular complexity index is 3070. The molecule has 0 radical (unpaired) electrons. The lowest BCUT2D eigenvalue weighted by molar-refractivity contribution is -0.141. The number of H-pyrrole nitrogens is 2. The van der Waals surface area contributed by atoms with E-state index in [2.05, 4.69) is 20.3 Å². The van der Waals surface area contributed by atoms with Crippen LogP contribution in [0.15, 0.2) is 91.3 Å². The van der Waals surface area contributed by atoms with Crippen LogP contribution in [-0.2, 0) is 61.2 Å². The van der Waals surface area contributed by atoms with E-state index >= 15 is 0 Å². The molecule has 342 valence electrons. The molecule has 0 saturated carbocycles. The summed E-state index contributed by atoms with van der Waals surface area (Å²) >= 11 is 0. The average Bonchev–Trinajstić information content (AvgIpc) is 3.92. The second-order valence-electron chi connectivity index (χ2n) is 16.3. The molecule has 6 rings (SSSR count). The van der Waals surface area contributed by atoms with E-state index in [9.17, 15) is 36.0 Å². The van der Waals surface area contributed by atoms with E-state index in [4.69, 9.17) is 9.47 Å². The number of nitrogens with zero attached hydrogens (tertiary/aromatic N) is 1. The minimum atomic E-state index is -3.66. The summed E-state index contributed by atoms with van der Waals surface area (Å²) in [6, 6.07) is 13.2. The van der Waals surface area contributed by atoms with Crippen molar-refractivity contribution in [3.63, 3.8) is 0 Å². The lowest BCUT2D eigenvalue weighted by atomic mass is 10.0. The number of sulfone groups is 2. The third-order valence-electron chi connectivity index (χ3n) is 12.1. The van der Waals surface area contributed by atoms with Crippen LogP contribution in [0.1, 0.15) is 84.3 Å². The second kappa shape index (κ2) is 19.8. The lowest BCUT2D eigenvalue weighted by Crippen LogP contribution is -2.15. The van der Waals surface area contributed by atoms with Crippen molar-refractivity contribution in [2.45, 2.75) is 89.9 Å². The van der Waals surface area contributed by atoms with Gasteiger partial charge in [-0.2, -0.15) is 0 Å². The molecule has 0 spiro atoms. The molecule has 14 nitrogen and oxygen atoms in total. The summed E-state index contributed by atoms with van der Waals surface area (Å²) in [4.78, 5) is 62.7. The number of hydrogen-bond donors (Lipinski definition) is 3. The van der Waals surface area contributed by atoms with Crippen molar-refractivity contribution in [1.82, 2.24) is 15.3 Å². The molecule has 0 aliphatic carbocycles. The van der Waals surface area contributed by atoms with Gasteiger partial charge in [0.05, 0.1) is 41.2 Å². The van der Waals surface area contributed by atoms with E-state index in [1.54, 1.807) is 74.5 Å². The van der Waals surface area contributed by atoms with Crippen molar-refractivity contribution in [3.05, 3.63) is 132 Å². The smallest absolute Gasteiger partial charge is 0.305 e. The highest BCUT2D eigenvalue weighted by molar-refractivity contribution is 7.91. The number of aromatic amines is 2. The number of ether oxygens (including phenoxy) is 2. The number of nitrogens with one attached hydrogen (secondary N) is 3. The standard InChI is InChI=1S/C49H54N4O10S2/c1-28-9-13-34(14-10-28)64(58,59)23-21-38-33(6)48(56)53-45(38)26-41-31(4)37(18-20-47(55)63-8)44(51-41)27-43-36(17-19-46(54)62-7)30(3)40(50-43)25-42-32(5)39(49(57)52-42)22-24-65(60,61)35-15-11-29(2)12-16-35/h9-16,25-27,50-51H,17-24H2,1-8H3,(H,53,56)/b40-25?,43-27?,45-26-. The van der Waals surface area contributed by atoms with Crippen molar-refractivity contribution in [2.24, 2.45) is 4.99 Å². The SMILES string of the molecule is COC(=O)CCc1c(C=c2[nH]c(=CC3=NC(=O)C(CCS(=O)(=O)c4ccc(C)cc4)=C3C)c(C)c2CCC(=O)OC)[nH]c(/C=C2\NC(=O)C(C)=C2CCS(=O)(=O)c2ccc(C)cc2)c1C. The van der Waals surface area contributed by atoms with Gasteiger partial charge in [-0.15, -0.1) is 0 Å². The quantitative estimate of drug-likeness (QED) is 0.118. The van der Waals surface area contributed by atoms with Gasteiger partial charge in [-0.1, -0.05) is 35.4 Å². The Balaban J connectivity index is 1.39. The largest absolute Gasteiger partial charge is 0.469 e. The zero-order valence-electron chi connectivity index (χ0n) is 37.9. The third-order valence-corrected chi connectivity index (χ3v) is 15.5. The molecule has 0 unspecified atom stereocenters. The lowest BCUT2D eigenvalue weighted by Gasteiger charge is -2.08. The number of amides is 2. The monoisotopic (exact) mass is 922 g/mol. The van der Waals surface area contributed by atoms with Gasteiger partial charge in [0, 0.05) is 51.8 Å². The summed E-state index contributed by atoms with van der Waals surface area (Å²) in [5, 5.41) is 4.13. The first kappa shape index (κ1) is 48.1. The van der Waals surface area contributed by atoms with E-state index in [1.165, 1.54) is 14.2 Å². The van der Waals surface area contributed by atoms with Crippen molar-refractivity contribution >= 4 is 67.4 Å². The van der Waals surface area contributed by atoms with Gasteiger partial charge in [0.15, 0.2) is 19.7 Å². The number of rotatable bonds is 17. The highest BCUT2D eigenvalue weighted by Crippen LogP contribution is 2.30. The first-order chi connectivity index (χ1) is 30.7. The molecule has 0 saturated heterocycles. The van der Waals surface area contributed by atoms with E-state index < -0.39 is 37.5 Å². The van der Waals surface area contributed by atoms with Crippen LogP contribution in [0.3, 0.4) is 0 Å². The Morgan fingerprint density at radius 3 is 1.66 bits per heavy atom. The number of carbonyl (C=O) groups is 4. The molecule has 4 aromatic rings. The van der Waals surface area contributed by atoms with Crippen LogP contribution in [0, 0.1) is 27.7 Å². The summed E-state index contributed by atoms with van der Waals surface area (Å²) in [5.74, 6) is -2.14. The summed E-state index contributed by atoms with van der Waals surface area (Å²) in [5.41, 5.74) is 8.91. The van der Waals surface area contributed by atoms with Crippen molar-refractivity contribution in [3.8, 4) is 0 Å². The molecule has 2 aromatic carbocycles. The van der Waals surface area contributed by atoms with Crippen LogP contribution < -0.4 is 16.0 Å². The van der Waals surface area contributed by atoms with Crippen LogP contribution >= 0.6 is 0 Å². The number of benzene rings is 2. The molecule has 16 heteroatoms. The second-order valence-corrected chi connectivity index (χ2v) is 20.6. The van der Waals surface area contributed by atoms with Crippen molar-refractivity contribution in [2.75, 3.05) is 25.7 Å². The molecular formula is C49H54N4O10S2. The minimum Gasteiger partial charge on any atom is -0.469 e. The Morgan fingerprint density at radius 1 is 0.600 bits per heavy atom. The number of hydrogen-bond acceptors (Lipinski definition) is 10. The molecule has 2 aliphatic rings. The average molecular weight is 923 g/mol. The zero-order valence-corrected chi connectivity index (χ0v) is 39.5. The Hall–Kier alpha value is -6.39. The number of allylic oxidation sites excluding steroid dienone is 2. The predicted octanol–water partition coefficient (Wildman–Crippen LogP) is 5.21. The summed E-state index contributed by atoms with van der Waals surface area (Å²) in [7, 11) is -4.69. The van der Waals surface area contributed by atoms with E-state index in [-0.39, 0.29) is 65.7 Å². The molecule has 2 aromatic heterocycles. The van der Waals surface area contributed by atoms with E-state index in [0.29, 0.717) is 55.8 Å². The van der Waals surface area contributed by atoms with Crippen LogP contribution in [0.4, 0.5) is 0 Å². The number of aliphatic imine (C=N–C) groups is 1. The van der Waals surface area contributed by atoms with Gasteiger partial charge < -0.3 is 24.8 Å². The van der Waals surface area contributed by atoms with Gasteiger partial charge >= 0.3 is 11.9 Å². The maximum absolute atomic E-state index is 13.3. The van der Waals surface area contributed by atoms with Crippen molar-refractivity contribution in [1.29, 1.82) is 0 Å². The Morgan fingerprint density at radius 2 is 1.12 bits per heavy atom. The summed E-state index contributed by atoms with van der Waals surface area (Å²) in [6.45, 7) is 10.9. The molecule has 0 bridgehead atoms. The number of carbonyl (C=O) groups excluding carboxylic acids is 4. The fourth-order valence-electron chi connectivity index (χ4n) is 7.91. The minimum absolute atomic E-state index is 0.0130. The molecule has 2 amide bonds. The normalized spacial score (nSPS) is 15.7. The number of aryl methyl sites for hydroxylation is 2. The van der Waals surface area contributed by atoms with E-state index in [1.807, 2.05) is 33.8 Å². The fraction of sp³-hybridized carbons (Fsp3) is 0.327. The van der Waals surface area contributed by atoms with Crippen LogP contribution in [0.25, 0.3) is 18.2 Å². The molecule has 65 heavy (non-hydrogen) atoms. The third kappa shape index (κ3) is 10.9. The van der Waals surface area contributed by atoms with Gasteiger partial charge in [-0.05, 0) is 143 Å². The molecule has 0 fully saturated rings. The first-order valence-electron chi connectivity index (χ1n) is 21.1. The highest BCUT2D eigenvalue weighted by atomic mass is 32.2. The van der Waals surface area contributed by atoms with E-state index in [0.717, 1.165) is 33.4 Å². The maximum atomic E-state index is 13.3. The van der Waals surface area contributed by atoms with Crippen molar-refractivity contribution < 1.29 is 45.5 Å². The van der Waals surface area contributed by atoms with Gasteiger partial charge in [-0.3, -0.25) is 19.2 Å². The van der Waals surface area contributed by atoms with Gasteiger partial charge in [-0.25, -0.2) is 21.8 Å². The first-order valence-corrected chi connectivity index (χ1v) is 24.4. The molecule has 3 N–H and O–H groups in total. The fourth-order valence-corrected chi connectivity index (χ4v) is 10.4. The van der Waals surface area contributed by atoms with Crippen LogP contribution in [0.2, 0.25) is 0 Å². The summed E-state index contributed by atoms with van der Waals surface area (Å²) in [6.07, 6.45) is 6.15. The Labute approximate surface area is 379 Å². The number of aromatic nitrogens is 2. The van der Waals surface area contributed by atoms with Crippen LogP contribution in [-0.4, -0.2) is 82.0 Å². The predicted molar refractivity (Wildman–Crippen MR) is 249 cm³/mol. The molecular weight excluding hydrogens is 869 g/mol. The van der Waals surface area contributed by atoms with Gasteiger partial charge in [0.1, 0.15) is 0 Å². The maximum Gasteiger partial charge on any atom is 0.305 e. The number of esters is 2. The molecule has 0 atom stereocenters. The zero-order chi connectivity index (χ0) is 47.4. The summed E-state index contributed by atoms with van der Waals surface area (Å²) < 4.78 is 62.8. The number of methoxy groups -OCH3 is 2. The molecule has 2 aliphatic heterocycles. The highest BCUT2D eigenvalue weighted by Gasteiger charge is 2.28. The van der Waals surface area contributed by atoms with Crippen LogP contribution in [0.5, 0.6) is 0 Å².